The predicted octanol–water partition coefficient (Wildman–Crippen LogP) is 3.53. The Morgan fingerprint density at radius 3 is 2.67 bits per heavy atom. The summed E-state index contributed by atoms with van der Waals surface area (Å²) in [7, 11) is -3.34. The molecule has 1 N–H and O–H groups in total. The van der Waals surface area contributed by atoms with Crippen molar-refractivity contribution in [3.8, 4) is 11.5 Å². The Balaban J connectivity index is 1.64. The van der Waals surface area contributed by atoms with Gasteiger partial charge in [-0.25, -0.2) is 13.4 Å². The number of hydrogen-bond donors (Lipinski definition) is 1. The second kappa shape index (κ2) is 7.03. The van der Waals surface area contributed by atoms with Crippen LogP contribution in [0.3, 0.4) is 0 Å². The minimum atomic E-state index is -3.34. The third-order valence-corrected chi connectivity index (χ3v) is 6.69. The Bertz CT molecular complexity index is 937. The molecule has 1 saturated carbocycles. The summed E-state index contributed by atoms with van der Waals surface area (Å²) in [6.45, 7) is 0.891. The molecule has 2 heterocycles. The number of fused-ring (bicyclic) bond motifs is 1. The fraction of sp³-hybridized carbons (Fsp3) is 0.450. The van der Waals surface area contributed by atoms with Gasteiger partial charge in [0.1, 0.15) is 10.7 Å². The Morgan fingerprint density at radius 2 is 1.89 bits per heavy atom. The van der Waals surface area contributed by atoms with Crippen LogP contribution in [0.15, 0.2) is 41.4 Å². The van der Waals surface area contributed by atoms with Crippen molar-refractivity contribution in [2.24, 2.45) is 0 Å². The number of rotatable bonds is 5. The van der Waals surface area contributed by atoms with Crippen molar-refractivity contribution >= 4 is 15.7 Å². The summed E-state index contributed by atoms with van der Waals surface area (Å²) in [6.07, 6.45) is 8.44. The van der Waals surface area contributed by atoms with Crippen LogP contribution in [0.2, 0.25) is 0 Å². The molecule has 1 aliphatic heterocycles. The first-order valence-corrected chi connectivity index (χ1v) is 11.2. The van der Waals surface area contributed by atoms with Crippen LogP contribution in [0.25, 0.3) is 0 Å². The molecule has 1 aliphatic carbocycles. The van der Waals surface area contributed by atoms with Crippen LogP contribution in [0.1, 0.15) is 37.7 Å². The van der Waals surface area contributed by atoms with Crippen LogP contribution >= 0.6 is 0 Å². The quantitative estimate of drug-likeness (QED) is 0.844. The average molecular weight is 388 g/mol. The number of hydrogen-bond acceptors (Lipinski definition) is 6. The Kier molecular flexibility index (Phi) is 4.72. The van der Waals surface area contributed by atoms with E-state index in [1.54, 1.807) is 18.3 Å². The summed E-state index contributed by atoms with van der Waals surface area (Å²) >= 11 is 0. The molecular formula is C20H24N2O4S. The van der Waals surface area contributed by atoms with Crippen molar-refractivity contribution in [2.45, 2.75) is 42.4 Å². The number of nitrogens with zero attached hydrogens (tertiary/aromatic N) is 1. The van der Waals surface area contributed by atoms with E-state index in [4.69, 9.17) is 9.47 Å². The summed E-state index contributed by atoms with van der Waals surface area (Å²) in [5, 5.41) is 3.33. The summed E-state index contributed by atoms with van der Waals surface area (Å²) in [5.74, 6) is 1.99. The summed E-state index contributed by atoms with van der Waals surface area (Å²) in [6, 6.07) is 9.40. The fourth-order valence-electron chi connectivity index (χ4n) is 4.10. The molecule has 144 valence electrons. The van der Waals surface area contributed by atoms with Crippen molar-refractivity contribution < 1.29 is 17.9 Å². The molecule has 1 fully saturated rings. The van der Waals surface area contributed by atoms with Gasteiger partial charge in [0.15, 0.2) is 21.3 Å². The molecular weight excluding hydrogens is 364 g/mol. The molecule has 7 heteroatoms. The molecule has 0 amide bonds. The number of ether oxygens (including phenoxy) is 2. The third-order valence-electron chi connectivity index (χ3n) is 5.56. The Morgan fingerprint density at radius 1 is 1.11 bits per heavy atom. The maximum Gasteiger partial charge on any atom is 0.231 e. The second-order valence-electron chi connectivity index (χ2n) is 7.38. The van der Waals surface area contributed by atoms with Crippen molar-refractivity contribution in [1.29, 1.82) is 0 Å². The Labute approximate surface area is 159 Å². The van der Waals surface area contributed by atoms with E-state index in [0.29, 0.717) is 12.4 Å². The molecule has 1 aromatic carbocycles. The van der Waals surface area contributed by atoms with E-state index in [2.05, 4.69) is 22.4 Å². The molecule has 6 nitrogen and oxygen atoms in total. The molecule has 0 spiro atoms. The van der Waals surface area contributed by atoms with Gasteiger partial charge in [0, 0.05) is 24.4 Å². The molecule has 0 radical (unpaired) electrons. The first-order chi connectivity index (χ1) is 13.0. The van der Waals surface area contributed by atoms with E-state index >= 15 is 0 Å². The normalized spacial score (nSPS) is 18.3. The van der Waals surface area contributed by atoms with E-state index in [1.807, 2.05) is 6.07 Å². The average Bonchev–Trinajstić information content (AvgIpc) is 3.14. The number of benzene rings is 1. The lowest BCUT2D eigenvalue weighted by molar-refractivity contribution is 0.174. The molecule has 0 unspecified atom stereocenters. The molecule has 2 aliphatic rings. The van der Waals surface area contributed by atoms with Crippen molar-refractivity contribution in [1.82, 2.24) is 4.98 Å². The lowest BCUT2D eigenvalue weighted by atomic mass is 9.69. The van der Waals surface area contributed by atoms with Gasteiger partial charge in [0.2, 0.25) is 6.79 Å². The van der Waals surface area contributed by atoms with Crippen LogP contribution in [-0.4, -0.2) is 33.0 Å². The zero-order valence-electron chi connectivity index (χ0n) is 15.4. The number of aromatic nitrogens is 1. The fourth-order valence-corrected chi connectivity index (χ4v) is 4.90. The van der Waals surface area contributed by atoms with Gasteiger partial charge < -0.3 is 14.8 Å². The third kappa shape index (κ3) is 3.60. The van der Waals surface area contributed by atoms with Crippen LogP contribution in [-0.2, 0) is 15.3 Å². The molecule has 0 bridgehead atoms. The SMILES string of the molecule is CS(=O)(=O)c1cccnc1NCC1(c2ccc3c(c2)OCO3)CCCCC1. The first kappa shape index (κ1) is 18.1. The van der Waals surface area contributed by atoms with Gasteiger partial charge in [-0.2, -0.15) is 0 Å². The van der Waals surface area contributed by atoms with Gasteiger partial charge in [-0.1, -0.05) is 25.3 Å². The largest absolute Gasteiger partial charge is 0.454 e. The standard InChI is InChI=1S/C20H24N2O4S/c1-27(23,24)18-6-5-11-21-19(18)22-13-20(9-3-2-4-10-20)15-7-8-16-17(12-15)26-14-25-16/h5-8,11-12H,2-4,9-10,13-14H2,1H3,(H,21,22). The number of nitrogens with one attached hydrogen (secondary N) is 1. The second-order valence-corrected chi connectivity index (χ2v) is 9.37. The van der Waals surface area contributed by atoms with Gasteiger partial charge in [0.25, 0.3) is 0 Å². The first-order valence-electron chi connectivity index (χ1n) is 9.27. The van der Waals surface area contributed by atoms with Crippen LogP contribution in [0.5, 0.6) is 11.5 Å². The smallest absolute Gasteiger partial charge is 0.231 e. The number of pyridine rings is 1. The van der Waals surface area contributed by atoms with Crippen molar-refractivity contribution in [3.05, 3.63) is 42.1 Å². The molecule has 0 saturated heterocycles. The van der Waals surface area contributed by atoms with Gasteiger partial charge in [0.05, 0.1) is 0 Å². The van der Waals surface area contributed by atoms with Crippen LogP contribution < -0.4 is 14.8 Å². The predicted molar refractivity (Wildman–Crippen MR) is 103 cm³/mol. The van der Waals surface area contributed by atoms with Crippen LogP contribution in [0, 0.1) is 0 Å². The minimum absolute atomic E-state index is 0.0779. The van der Waals surface area contributed by atoms with Gasteiger partial charge >= 0.3 is 0 Å². The maximum atomic E-state index is 12.1. The molecule has 1 aromatic heterocycles. The lowest BCUT2D eigenvalue weighted by Gasteiger charge is -2.38. The zero-order chi connectivity index (χ0) is 18.9. The zero-order valence-corrected chi connectivity index (χ0v) is 16.2. The minimum Gasteiger partial charge on any atom is -0.454 e. The van der Waals surface area contributed by atoms with E-state index in [-0.39, 0.29) is 17.1 Å². The topological polar surface area (TPSA) is 77.5 Å². The van der Waals surface area contributed by atoms with Crippen molar-refractivity contribution in [2.75, 3.05) is 24.9 Å². The van der Waals surface area contributed by atoms with Crippen LogP contribution in [0.4, 0.5) is 5.82 Å². The summed E-state index contributed by atoms with van der Waals surface area (Å²) < 4.78 is 35.2. The lowest BCUT2D eigenvalue weighted by Crippen LogP contribution is -2.37. The molecule has 2 aromatic rings. The maximum absolute atomic E-state index is 12.1. The monoisotopic (exact) mass is 388 g/mol. The summed E-state index contributed by atoms with van der Waals surface area (Å²) in [4.78, 5) is 4.51. The molecule has 27 heavy (non-hydrogen) atoms. The molecule has 4 rings (SSSR count). The highest BCUT2D eigenvalue weighted by Gasteiger charge is 2.35. The highest BCUT2D eigenvalue weighted by Crippen LogP contribution is 2.43. The van der Waals surface area contributed by atoms with E-state index in [1.165, 1.54) is 18.2 Å². The number of sulfone groups is 1. The Hall–Kier alpha value is -2.28. The highest BCUT2D eigenvalue weighted by atomic mass is 32.2. The van der Waals surface area contributed by atoms with Gasteiger partial charge in [-0.15, -0.1) is 0 Å². The van der Waals surface area contributed by atoms with Gasteiger partial charge in [-0.3, -0.25) is 0 Å². The molecule has 0 atom stereocenters. The van der Waals surface area contributed by atoms with Crippen molar-refractivity contribution in [3.63, 3.8) is 0 Å². The van der Waals surface area contributed by atoms with E-state index < -0.39 is 9.84 Å². The van der Waals surface area contributed by atoms with E-state index in [9.17, 15) is 8.42 Å². The van der Waals surface area contributed by atoms with E-state index in [0.717, 1.165) is 37.2 Å². The highest BCUT2D eigenvalue weighted by molar-refractivity contribution is 7.90. The van der Waals surface area contributed by atoms with Gasteiger partial charge in [-0.05, 0) is 42.7 Å². The number of anilines is 1. The summed E-state index contributed by atoms with van der Waals surface area (Å²) in [5.41, 5.74) is 1.13.